The van der Waals surface area contributed by atoms with Crippen LogP contribution in [0.4, 0.5) is 0 Å². The van der Waals surface area contributed by atoms with Gasteiger partial charge < -0.3 is 111 Å². The Kier molecular flexibility index (Phi) is 43.9. The number of aliphatic hydroxyl groups is 4. The van der Waals surface area contributed by atoms with Gasteiger partial charge in [0, 0.05) is 24.7 Å². The number of aliphatic carboxylic acids is 1. The van der Waals surface area contributed by atoms with E-state index in [4.69, 9.17) is 11.5 Å². The van der Waals surface area contributed by atoms with Crippen LogP contribution >= 0.6 is 11.8 Å². The zero-order chi connectivity index (χ0) is 78.0. The molecule has 0 fully saturated rings. The van der Waals surface area contributed by atoms with Gasteiger partial charge in [-0.15, -0.1) is 0 Å². The molecule has 2 rings (SSSR count). The van der Waals surface area contributed by atoms with Crippen LogP contribution in [-0.4, -0.2) is 263 Å². The molecule has 38 heteroatoms. The Morgan fingerprint density at radius 3 is 1.37 bits per heavy atom. The summed E-state index contributed by atoms with van der Waals surface area (Å²) >= 11 is 1.37. The number of aliphatic hydroxyl groups excluding tert-OH is 4. The summed E-state index contributed by atoms with van der Waals surface area (Å²) in [6, 6.07) is -8.76. The average molecular weight is 1500 g/mol. The Labute approximate surface area is 610 Å². The number of nitrogens with one attached hydrogen (secondary N) is 14. The van der Waals surface area contributed by atoms with Crippen molar-refractivity contribution in [2.45, 2.75) is 209 Å². The van der Waals surface area contributed by atoms with Crippen molar-refractivity contribution in [3.63, 3.8) is 0 Å². The molecule has 1 aromatic heterocycles. The third-order valence-electron chi connectivity index (χ3n) is 16.6. The van der Waals surface area contributed by atoms with Gasteiger partial charge in [-0.05, 0) is 121 Å². The van der Waals surface area contributed by atoms with E-state index in [-0.39, 0.29) is 76.2 Å². The molecule has 0 unspecified atom stereocenters. The van der Waals surface area contributed by atoms with Crippen molar-refractivity contribution in [3.8, 4) is 0 Å². The summed E-state index contributed by atoms with van der Waals surface area (Å²) in [7, 11) is 3.89. The van der Waals surface area contributed by atoms with E-state index in [0.717, 1.165) is 4.90 Å². The SMILES string of the molecule is CSCC[C@H](NC(=O)[C@H](CC(C)C)NC(=O)[C@H](CCCC[NH+](C)C)NC(=O)[C@H](CCCC[NH3+])NC(=O)[C@H](Cc1cnc[nH]1)NC(=O)[C@H](CCC[NH+]=C(N)N)NC(=O)[C@H](CO)NC(=O)[C@@H](NC(=O)[C@@H]([NH3+])CO)[C@@H](C)O)C(=O)N[C@@H](Cc1ccccc1)C(=O)N[C@@H](CCCC[NH3+])C(=O)N[C@H](C(=O)O)[C@@H](C)O. The fourth-order valence-corrected chi connectivity index (χ4v) is 11.1. The van der Waals surface area contributed by atoms with Crippen LogP contribution in [0.1, 0.15) is 122 Å². The van der Waals surface area contributed by atoms with E-state index in [2.05, 4.69) is 90.6 Å². The highest BCUT2D eigenvalue weighted by Gasteiger charge is 2.38. The first kappa shape index (κ1) is 91.5. The predicted octanol–water partition coefficient (Wildman–Crippen LogP) is -12.0. The Hall–Kier alpha value is -8.63. The second kappa shape index (κ2) is 49.9. The lowest BCUT2D eigenvalue weighted by atomic mass is 10.0. The maximum absolute atomic E-state index is 14.9. The van der Waals surface area contributed by atoms with E-state index in [1.54, 1.807) is 36.6 Å². The van der Waals surface area contributed by atoms with E-state index in [9.17, 15) is 83.1 Å². The van der Waals surface area contributed by atoms with Gasteiger partial charge in [0.1, 0.15) is 67.0 Å². The number of carbonyl (C=O) groups is 12. The van der Waals surface area contributed by atoms with Crippen LogP contribution in [0, 0.1) is 5.92 Å². The van der Waals surface area contributed by atoms with Crippen LogP contribution in [-0.2, 0) is 70.4 Å². The molecule has 0 radical (unpaired) electrons. The predicted molar refractivity (Wildman–Crippen MR) is 381 cm³/mol. The standard InChI is InChI=1S/C66H114N20O17S/c1-37(2)30-48(60(97)79-47(24-29-104-7)58(95)81-49(31-40-18-9-8-10-19-40)61(98)77-45(21-12-15-26-68)59(96)85-53(39(4)90)65(102)103)80-56(93)44(22-13-16-28-86(5)6)75-55(92)43(20-11-14-25-67)76-62(99)50(32-41-33-72-36-74-41)82-57(94)46(23-17-27-73-66(70)71)78-63(100)51(35-88)83-64(101)52(38(3)89)84-54(91)42(69)34-87/h8-10,18-19,33,36-39,42-53,87-90H,11-17,20-32,34-35,67-69H2,1-7H3,(H,72,74)(H,75,92)(H,76,99)(H,77,98)(H,78,100)(H,79,97)(H,80,93)(H,81,95)(H,82,94)(H,83,101)(H,84,91)(H,85,96)(H,102,103)(H4,70,71,73)/p+5/t38-,39-,42+,43+,44+,45+,46+,47+,48+,49+,50+,51+,52+,53+/m1/s1. The van der Waals surface area contributed by atoms with Crippen molar-refractivity contribution in [1.82, 2.24) is 68.5 Å². The molecule has 0 saturated heterocycles. The Bertz CT molecular complexity index is 3020. The van der Waals surface area contributed by atoms with Crippen LogP contribution < -0.4 is 97.0 Å². The van der Waals surface area contributed by atoms with Crippen molar-refractivity contribution in [1.29, 1.82) is 0 Å². The lowest BCUT2D eigenvalue weighted by Gasteiger charge is -2.29. The summed E-state index contributed by atoms with van der Waals surface area (Å²) in [4.78, 5) is 179. The van der Waals surface area contributed by atoms with Gasteiger partial charge in [-0.3, -0.25) is 69.2 Å². The van der Waals surface area contributed by atoms with Gasteiger partial charge in [0.2, 0.25) is 59.1 Å². The minimum absolute atomic E-state index is 0.00402. The van der Waals surface area contributed by atoms with E-state index in [0.29, 0.717) is 75.2 Å². The summed E-state index contributed by atoms with van der Waals surface area (Å²) in [6.07, 6.45) is 4.04. The molecule has 1 aromatic carbocycles. The molecule has 37 nitrogen and oxygen atoms in total. The number of hydrogen-bond donors (Lipinski definition) is 24. The first-order valence-electron chi connectivity index (χ1n) is 35.3. The van der Waals surface area contributed by atoms with Gasteiger partial charge in [-0.2, -0.15) is 11.8 Å². The van der Waals surface area contributed by atoms with E-state index in [1.165, 1.54) is 38.1 Å². The number of carboxylic acids is 1. The van der Waals surface area contributed by atoms with Crippen molar-refractivity contribution in [3.05, 3.63) is 54.1 Å². The van der Waals surface area contributed by atoms with E-state index in [1.807, 2.05) is 27.9 Å². The minimum Gasteiger partial charge on any atom is -0.480 e. The number of carbonyl (C=O) groups excluding carboxylic acids is 11. The molecule has 104 heavy (non-hydrogen) atoms. The quantitative estimate of drug-likeness (QED) is 0.0166. The number of thioether (sulfide) groups is 1. The maximum atomic E-state index is 14.9. The van der Waals surface area contributed by atoms with Gasteiger partial charge in [-0.25, -0.2) is 9.78 Å². The molecule has 586 valence electrons. The van der Waals surface area contributed by atoms with Crippen molar-refractivity contribution >= 4 is 88.7 Å². The Morgan fingerprint density at radius 1 is 0.529 bits per heavy atom. The number of amides is 11. The molecule has 1 heterocycles. The molecule has 32 N–H and O–H groups in total. The Balaban J connectivity index is 2.63. The van der Waals surface area contributed by atoms with Crippen molar-refractivity contribution < 1.29 is 110 Å². The average Bonchev–Trinajstić information content (AvgIpc) is 1.02. The van der Waals surface area contributed by atoms with Gasteiger partial charge in [-0.1, -0.05) is 44.2 Å². The number of carboxylic acid groups (broad SMARTS) is 1. The molecule has 0 aliphatic carbocycles. The molecule has 0 spiro atoms. The molecule has 0 saturated carbocycles. The number of hydrogen-bond acceptors (Lipinski definition) is 18. The second-order valence-corrected chi connectivity index (χ2v) is 27.4. The number of rotatable bonds is 53. The maximum Gasteiger partial charge on any atom is 0.338 e. The number of aromatic nitrogens is 2. The molecule has 11 amide bonds. The molecular formula is C66H119N20O17S+5. The molecule has 0 aliphatic heterocycles. The molecule has 2 aromatic rings. The van der Waals surface area contributed by atoms with Crippen molar-refractivity contribution in [2.24, 2.45) is 17.4 Å². The number of aromatic amines is 1. The third kappa shape index (κ3) is 35.2. The van der Waals surface area contributed by atoms with Crippen LogP contribution in [0.15, 0.2) is 42.9 Å². The molecule has 0 bridgehead atoms. The smallest absolute Gasteiger partial charge is 0.338 e. The second-order valence-electron chi connectivity index (χ2n) is 26.5. The number of guanidine groups is 1. The van der Waals surface area contributed by atoms with Crippen molar-refractivity contribution in [2.75, 3.05) is 65.5 Å². The van der Waals surface area contributed by atoms with Gasteiger partial charge in [0.05, 0.1) is 65.4 Å². The summed E-state index contributed by atoms with van der Waals surface area (Å²) in [5, 5.41) is 78.6. The lowest BCUT2D eigenvalue weighted by Crippen LogP contribution is -3.05. The fourth-order valence-electron chi connectivity index (χ4n) is 10.6. The Morgan fingerprint density at radius 2 is 0.942 bits per heavy atom. The minimum atomic E-state index is -1.78. The highest BCUT2D eigenvalue weighted by atomic mass is 32.2. The van der Waals surface area contributed by atoms with Gasteiger partial charge in [0.25, 0.3) is 5.91 Å². The highest BCUT2D eigenvalue weighted by molar-refractivity contribution is 7.98. The van der Waals surface area contributed by atoms with Crippen LogP contribution in [0.2, 0.25) is 0 Å². The number of nitrogens with two attached hydrogens (primary N) is 2. The fraction of sp³-hybridized carbons (Fsp3) is 0.667. The first-order chi connectivity index (χ1) is 49.3. The third-order valence-corrected chi connectivity index (χ3v) is 17.2. The van der Waals surface area contributed by atoms with Gasteiger partial charge in [0.15, 0.2) is 12.1 Å². The number of imidazole rings is 1. The van der Waals surface area contributed by atoms with Gasteiger partial charge >= 0.3 is 11.9 Å². The molecular weight excluding hydrogens is 1380 g/mol. The van der Waals surface area contributed by atoms with Crippen LogP contribution in [0.5, 0.6) is 0 Å². The molecule has 14 atom stereocenters. The van der Waals surface area contributed by atoms with Crippen LogP contribution in [0.25, 0.3) is 0 Å². The summed E-state index contributed by atoms with van der Waals surface area (Å²) in [6.45, 7) is 5.95. The molecule has 0 aliphatic rings. The monoisotopic (exact) mass is 1500 g/mol. The summed E-state index contributed by atoms with van der Waals surface area (Å²) < 4.78 is 0. The first-order valence-corrected chi connectivity index (χ1v) is 36.7. The normalized spacial score (nSPS) is 15.3. The zero-order valence-electron chi connectivity index (χ0n) is 61.0. The highest BCUT2D eigenvalue weighted by Crippen LogP contribution is 2.14. The number of nitrogens with zero attached hydrogens (tertiary/aromatic N) is 1. The summed E-state index contributed by atoms with van der Waals surface area (Å²) in [5.41, 5.74) is 23.4. The van der Waals surface area contributed by atoms with Crippen LogP contribution in [0.3, 0.4) is 0 Å². The number of quaternary nitrogens is 4. The van der Waals surface area contributed by atoms with E-state index >= 15 is 0 Å². The number of H-pyrrole nitrogens is 1. The topological polar surface area (TPSA) is 620 Å². The van der Waals surface area contributed by atoms with E-state index < -0.39 is 169 Å². The zero-order valence-corrected chi connectivity index (χ0v) is 61.8. The lowest BCUT2D eigenvalue weighted by molar-refractivity contribution is -0.858. The largest absolute Gasteiger partial charge is 0.480 e. The number of unbranched alkanes of at least 4 members (excludes halogenated alkanes) is 3. The summed E-state index contributed by atoms with van der Waals surface area (Å²) in [5.74, 6) is -11.4. The number of benzene rings is 1.